The summed E-state index contributed by atoms with van der Waals surface area (Å²) in [7, 11) is 0. The van der Waals surface area contributed by atoms with Crippen LogP contribution in [0.3, 0.4) is 0 Å². The number of aryl methyl sites for hydroxylation is 1. The third kappa shape index (κ3) is 3.99. The molecule has 3 rings (SSSR count). The summed E-state index contributed by atoms with van der Waals surface area (Å²) < 4.78 is 5.21. The molecule has 0 N–H and O–H groups in total. The van der Waals surface area contributed by atoms with E-state index in [-0.39, 0.29) is 5.91 Å². The number of amides is 1. The summed E-state index contributed by atoms with van der Waals surface area (Å²) in [4.78, 5) is 16.7. The molecule has 2 aromatic rings. The Hall–Kier alpha value is -2.14. The predicted molar refractivity (Wildman–Crippen MR) is 88.1 cm³/mol. The lowest BCUT2D eigenvalue weighted by atomic mass is 10.2. The maximum atomic E-state index is 12.5. The number of benzene rings is 1. The lowest BCUT2D eigenvalue weighted by Gasteiger charge is -2.34. The van der Waals surface area contributed by atoms with Gasteiger partial charge in [0.25, 0.3) is 5.91 Å². The first-order chi connectivity index (χ1) is 11.3. The largest absolute Gasteiger partial charge is 0.361 e. The number of rotatable bonds is 5. The second-order valence-corrected chi connectivity index (χ2v) is 5.98. The molecule has 1 aromatic carbocycles. The molecule has 0 unspecified atom stereocenters. The van der Waals surface area contributed by atoms with Gasteiger partial charge in [-0.25, -0.2) is 0 Å². The molecule has 0 spiro atoms. The lowest BCUT2D eigenvalue weighted by Crippen LogP contribution is -2.48. The molecule has 1 aliphatic rings. The molecule has 2 heterocycles. The van der Waals surface area contributed by atoms with Crippen LogP contribution in [0.2, 0.25) is 0 Å². The van der Waals surface area contributed by atoms with Crippen LogP contribution in [0.5, 0.6) is 0 Å². The molecule has 0 radical (unpaired) electrons. The average Bonchev–Trinajstić information content (AvgIpc) is 3.05. The van der Waals surface area contributed by atoms with Gasteiger partial charge in [0.2, 0.25) is 0 Å². The Kier molecular flexibility index (Phi) is 5.08. The van der Waals surface area contributed by atoms with Gasteiger partial charge in [-0.15, -0.1) is 0 Å². The van der Waals surface area contributed by atoms with Crippen LogP contribution in [0.1, 0.15) is 35.2 Å². The molecular formula is C18H23N3O2. The van der Waals surface area contributed by atoms with Gasteiger partial charge in [-0.05, 0) is 12.0 Å². The molecule has 5 nitrogen and oxygen atoms in total. The van der Waals surface area contributed by atoms with E-state index in [9.17, 15) is 4.79 Å². The first kappa shape index (κ1) is 15.7. The number of piperazine rings is 1. The van der Waals surface area contributed by atoms with Gasteiger partial charge in [0.15, 0.2) is 5.69 Å². The maximum Gasteiger partial charge on any atom is 0.276 e. The van der Waals surface area contributed by atoms with E-state index in [1.54, 1.807) is 6.07 Å². The monoisotopic (exact) mass is 313 g/mol. The van der Waals surface area contributed by atoms with Crippen LogP contribution in [0.25, 0.3) is 0 Å². The van der Waals surface area contributed by atoms with E-state index in [1.807, 2.05) is 11.0 Å². The van der Waals surface area contributed by atoms with E-state index in [2.05, 4.69) is 41.2 Å². The Bertz CT molecular complexity index is 631. The van der Waals surface area contributed by atoms with Crippen LogP contribution in [0.15, 0.2) is 40.9 Å². The first-order valence-corrected chi connectivity index (χ1v) is 8.27. The summed E-state index contributed by atoms with van der Waals surface area (Å²) in [6, 6.07) is 12.2. The van der Waals surface area contributed by atoms with Crippen molar-refractivity contribution in [1.82, 2.24) is 15.0 Å². The minimum absolute atomic E-state index is 0.0181. The van der Waals surface area contributed by atoms with Gasteiger partial charge in [-0.2, -0.15) is 0 Å². The zero-order chi connectivity index (χ0) is 16.1. The van der Waals surface area contributed by atoms with Gasteiger partial charge in [-0.3, -0.25) is 9.69 Å². The van der Waals surface area contributed by atoms with Crippen LogP contribution in [-0.4, -0.2) is 47.0 Å². The van der Waals surface area contributed by atoms with E-state index in [0.29, 0.717) is 5.69 Å². The fourth-order valence-electron chi connectivity index (χ4n) is 2.89. The Morgan fingerprint density at radius 2 is 1.91 bits per heavy atom. The smallest absolute Gasteiger partial charge is 0.276 e. The highest BCUT2D eigenvalue weighted by Gasteiger charge is 2.24. The van der Waals surface area contributed by atoms with E-state index in [4.69, 9.17) is 4.52 Å². The molecule has 23 heavy (non-hydrogen) atoms. The van der Waals surface area contributed by atoms with Crippen molar-refractivity contribution >= 4 is 5.91 Å². The molecular weight excluding hydrogens is 290 g/mol. The van der Waals surface area contributed by atoms with Crippen LogP contribution in [-0.2, 0) is 13.0 Å². The summed E-state index contributed by atoms with van der Waals surface area (Å²) in [5.74, 6) is 0.772. The normalized spacial score (nSPS) is 15.8. The molecule has 122 valence electrons. The number of hydrogen-bond donors (Lipinski definition) is 0. The highest BCUT2D eigenvalue weighted by atomic mass is 16.5. The zero-order valence-electron chi connectivity index (χ0n) is 13.6. The molecule has 1 amide bonds. The van der Waals surface area contributed by atoms with Gasteiger partial charge >= 0.3 is 0 Å². The van der Waals surface area contributed by atoms with E-state index in [0.717, 1.165) is 51.3 Å². The summed E-state index contributed by atoms with van der Waals surface area (Å²) in [5.41, 5.74) is 1.75. The SMILES string of the molecule is CCCc1cc(C(=O)N2CCN(Cc3ccccc3)CC2)no1. The Morgan fingerprint density at radius 3 is 2.61 bits per heavy atom. The second kappa shape index (κ2) is 7.42. The molecule has 5 heteroatoms. The Balaban J connectivity index is 1.52. The third-order valence-electron chi connectivity index (χ3n) is 4.18. The van der Waals surface area contributed by atoms with Crippen molar-refractivity contribution in [3.05, 3.63) is 53.4 Å². The fourth-order valence-corrected chi connectivity index (χ4v) is 2.89. The molecule has 1 aliphatic heterocycles. The second-order valence-electron chi connectivity index (χ2n) is 5.98. The predicted octanol–water partition coefficient (Wildman–Crippen LogP) is 2.59. The van der Waals surface area contributed by atoms with Gasteiger partial charge < -0.3 is 9.42 Å². The van der Waals surface area contributed by atoms with Gasteiger partial charge in [0.05, 0.1) is 0 Å². The van der Waals surface area contributed by atoms with Crippen LogP contribution in [0.4, 0.5) is 0 Å². The number of aromatic nitrogens is 1. The quantitative estimate of drug-likeness (QED) is 0.851. The summed E-state index contributed by atoms with van der Waals surface area (Å²) in [5, 5.41) is 3.92. The molecule has 0 bridgehead atoms. The molecule has 1 saturated heterocycles. The number of carbonyl (C=O) groups is 1. The topological polar surface area (TPSA) is 49.6 Å². The molecule has 0 aliphatic carbocycles. The minimum Gasteiger partial charge on any atom is -0.361 e. The van der Waals surface area contributed by atoms with Crippen molar-refractivity contribution < 1.29 is 9.32 Å². The van der Waals surface area contributed by atoms with Crippen molar-refractivity contribution in [1.29, 1.82) is 0 Å². The van der Waals surface area contributed by atoms with Crippen LogP contribution >= 0.6 is 0 Å². The third-order valence-corrected chi connectivity index (χ3v) is 4.18. The standard InChI is InChI=1S/C18H23N3O2/c1-2-6-16-13-17(19-23-16)18(22)21-11-9-20(10-12-21)14-15-7-4-3-5-8-15/h3-5,7-8,13H,2,6,9-12,14H2,1H3. The summed E-state index contributed by atoms with van der Waals surface area (Å²) in [6.07, 6.45) is 1.81. The number of carbonyl (C=O) groups excluding carboxylic acids is 1. The highest BCUT2D eigenvalue weighted by molar-refractivity contribution is 5.92. The molecule has 1 aromatic heterocycles. The van der Waals surface area contributed by atoms with Crippen LogP contribution < -0.4 is 0 Å². The van der Waals surface area contributed by atoms with Crippen molar-refractivity contribution in [3.63, 3.8) is 0 Å². The number of hydrogen-bond acceptors (Lipinski definition) is 4. The minimum atomic E-state index is -0.0181. The van der Waals surface area contributed by atoms with Gasteiger partial charge in [0.1, 0.15) is 5.76 Å². The lowest BCUT2D eigenvalue weighted by molar-refractivity contribution is 0.0618. The van der Waals surface area contributed by atoms with E-state index in [1.165, 1.54) is 5.56 Å². The van der Waals surface area contributed by atoms with E-state index >= 15 is 0 Å². The summed E-state index contributed by atoms with van der Waals surface area (Å²) >= 11 is 0. The maximum absolute atomic E-state index is 12.5. The molecule has 1 fully saturated rings. The Morgan fingerprint density at radius 1 is 1.17 bits per heavy atom. The van der Waals surface area contributed by atoms with Crippen LogP contribution in [0, 0.1) is 0 Å². The molecule has 0 saturated carbocycles. The zero-order valence-corrected chi connectivity index (χ0v) is 13.6. The highest BCUT2D eigenvalue weighted by Crippen LogP contribution is 2.13. The molecule has 0 atom stereocenters. The van der Waals surface area contributed by atoms with E-state index < -0.39 is 0 Å². The first-order valence-electron chi connectivity index (χ1n) is 8.27. The van der Waals surface area contributed by atoms with Gasteiger partial charge in [0, 0.05) is 45.2 Å². The van der Waals surface area contributed by atoms with Crippen molar-refractivity contribution in [2.75, 3.05) is 26.2 Å². The Labute approximate surface area is 136 Å². The van der Waals surface area contributed by atoms with Gasteiger partial charge in [-0.1, -0.05) is 42.4 Å². The van der Waals surface area contributed by atoms with Crippen molar-refractivity contribution in [2.45, 2.75) is 26.3 Å². The van der Waals surface area contributed by atoms with Crippen molar-refractivity contribution in [3.8, 4) is 0 Å². The fraction of sp³-hybridized carbons (Fsp3) is 0.444. The number of nitrogens with zero attached hydrogens (tertiary/aromatic N) is 3. The average molecular weight is 313 g/mol. The van der Waals surface area contributed by atoms with Crippen molar-refractivity contribution in [2.24, 2.45) is 0 Å². The summed E-state index contributed by atoms with van der Waals surface area (Å²) in [6.45, 7) is 6.27.